The zero-order chi connectivity index (χ0) is 12.5. The van der Waals surface area contributed by atoms with E-state index in [9.17, 15) is 0 Å². The Balaban J connectivity index is 2.47. The van der Waals surface area contributed by atoms with Gasteiger partial charge in [-0.05, 0) is 31.5 Å². The Morgan fingerprint density at radius 1 is 1.41 bits per heavy atom. The monoisotopic (exact) mass is 251 g/mol. The highest BCUT2D eigenvalue weighted by Crippen LogP contribution is 2.17. The molecule has 0 aliphatic rings. The Kier molecular flexibility index (Phi) is 6.95. The summed E-state index contributed by atoms with van der Waals surface area (Å²) in [5, 5.41) is 10.8. The van der Waals surface area contributed by atoms with Gasteiger partial charge >= 0.3 is 0 Å². The van der Waals surface area contributed by atoms with Gasteiger partial charge in [0.1, 0.15) is 6.61 Å². The smallest absolute Gasteiger partial charge is 0.104 e. The van der Waals surface area contributed by atoms with Crippen LogP contribution < -0.4 is 0 Å². The van der Waals surface area contributed by atoms with Crippen molar-refractivity contribution < 1.29 is 5.11 Å². The maximum atomic E-state index is 8.70. The fraction of sp³-hybridized carbons (Fsp3) is 0.571. The van der Waals surface area contributed by atoms with Crippen LogP contribution in [0.5, 0.6) is 0 Å². The molecule has 0 bridgehead atoms. The van der Waals surface area contributed by atoms with Gasteiger partial charge in [0.25, 0.3) is 0 Å². The molecule has 0 radical (unpaired) electrons. The van der Waals surface area contributed by atoms with E-state index in [1.807, 2.05) is 6.07 Å². The van der Waals surface area contributed by atoms with Crippen molar-refractivity contribution in [3.8, 4) is 11.8 Å². The van der Waals surface area contributed by atoms with E-state index in [2.05, 4.69) is 36.1 Å². The van der Waals surface area contributed by atoms with Gasteiger partial charge in [-0.15, -0.1) is 11.3 Å². The Hall–Kier alpha value is -0.820. The second-order valence-corrected chi connectivity index (χ2v) is 5.16. The largest absolute Gasteiger partial charge is 0.384 e. The van der Waals surface area contributed by atoms with E-state index in [-0.39, 0.29) is 6.61 Å². The van der Waals surface area contributed by atoms with Crippen LogP contribution in [0.3, 0.4) is 0 Å². The van der Waals surface area contributed by atoms with Gasteiger partial charge in [0.05, 0.1) is 0 Å². The number of rotatable bonds is 6. The molecular weight excluding hydrogens is 230 g/mol. The van der Waals surface area contributed by atoms with Crippen LogP contribution in [0.4, 0.5) is 0 Å². The molecule has 1 rings (SSSR count). The van der Waals surface area contributed by atoms with Gasteiger partial charge in [-0.1, -0.05) is 31.6 Å². The molecule has 17 heavy (non-hydrogen) atoms. The average molecular weight is 251 g/mol. The quantitative estimate of drug-likeness (QED) is 0.621. The molecule has 0 aliphatic heterocycles. The molecule has 2 nitrogen and oxygen atoms in total. The summed E-state index contributed by atoms with van der Waals surface area (Å²) in [5.74, 6) is 5.71. The molecule has 0 amide bonds. The third-order valence-corrected chi connectivity index (χ3v) is 3.51. The summed E-state index contributed by atoms with van der Waals surface area (Å²) in [6.07, 6.45) is 3.82. The number of thiophene rings is 1. The van der Waals surface area contributed by atoms with Crippen molar-refractivity contribution >= 4 is 11.3 Å². The number of aliphatic hydroxyl groups excluding tert-OH is 1. The highest BCUT2D eigenvalue weighted by atomic mass is 32.1. The number of aliphatic hydroxyl groups is 1. The summed E-state index contributed by atoms with van der Waals surface area (Å²) in [6, 6.07) is 2.03. The summed E-state index contributed by atoms with van der Waals surface area (Å²) in [5.41, 5.74) is 1.06. The van der Waals surface area contributed by atoms with Crippen LogP contribution in [0.1, 0.15) is 36.6 Å². The third kappa shape index (κ3) is 5.36. The van der Waals surface area contributed by atoms with Crippen LogP contribution in [0.15, 0.2) is 11.4 Å². The Morgan fingerprint density at radius 2 is 2.24 bits per heavy atom. The molecule has 1 heterocycles. The Labute approximate surface area is 108 Å². The summed E-state index contributed by atoms with van der Waals surface area (Å²) in [6.45, 7) is 4.25. The van der Waals surface area contributed by atoms with Crippen LogP contribution in [-0.2, 0) is 6.54 Å². The fourth-order valence-electron chi connectivity index (χ4n) is 1.67. The van der Waals surface area contributed by atoms with Crippen LogP contribution in [0.25, 0.3) is 0 Å². The van der Waals surface area contributed by atoms with E-state index < -0.39 is 0 Å². The van der Waals surface area contributed by atoms with Crippen molar-refractivity contribution in [3.63, 3.8) is 0 Å². The first-order chi connectivity index (χ1) is 8.27. The van der Waals surface area contributed by atoms with Crippen LogP contribution in [0.2, 0.25) is 0 Å². The molecule has 0 aromatic carbocycles. The van der Waals surface area contributed by atoms with Crippen molar-refractivity contribution in [2.75, 3.05) is 20.2 Å². The number of hydrogen-bond acceptors (Lipinski definition) is 3. The van der Waals surface area contributed by atoms with Gasteiger partial charge in [0.15, 0.2) is 0 Å². The third-order valence-electron chi connectivity index (χ3n) is 2.60. The van der Waals surface area contributed by atoms with Crippen molar-refractivity contribution in [2.24, 2.45) is 0 Å². The molecule has 0 aliphatic carbocycles. The number of nitrogens with zero attached hydrogens (tertiary/aromatic N) is 1. The molecule has 1 aromatic heterocycles. The molecule has 0 spiro atoms. The predicted molar refractivity (Wildman–Crippen MR) is 74.1 cm³/mol. The molecular formula is C14H21NOS. The Bertz CT molecular complexity index is 375. The molecule has 3 heteroatoms. The lowest BCUT2D eigenvalue weighted by molar-refractivity contribution is 0.320. The molecule has 0 saturated carbocycles. The maximum absolute atomic E-state index is 8.70. The van der Waals surface area contributed by atoms with Gasteiger partial charge in [-0.25, -0.2) is 0 Å². The molecule has 0 unspecified atom stereocenters. The molecule has 0 atom stereocenters. The van der Waals surface area contributed by atoms with Gasteiger partial charge in [-0.3, -0.25) is 0 Å². The first-order valence-corrected chi connectivity index (χ1v) is 7.00. The van der Waals surface area contributed by atoms with E-state index in [1.165, 1.54) is 24.1 Å². The first-order valence-electron chi connectivity index (χ1n) is 6.12. The molecule has 1 N–H and O–H groups in total. The van der Waals surface area contributed by atoms with E-state index in [0.29, 0.717) is 0 Å². The van der Waals surface area contributed by atoms with Crippen LogP contribution >= 0.6 is 11.3 Å². The summed E-state index contributed by atoms with van der Waals surface area (Å²) in [4.78, 5) is 3.64. The zero-order valence-electron chi connectivity index (χ0n) is 10.7. The normalized spacial score (nSPS) is 10.4. The lowest BCUT2D eigenvalue weighted by atomic mass is 10.2. The second-order valence-electron chi connectivity index (χ2n) is 4.16. The fourth-order valence-corrected chi connectivity index (χ4v) is 2.57. The minimum absolute atomic E-state index is 0.0678. The highest BCUT2D eigenvalue weighted by Gasteiger charge is 2.05. The summed E-state index contributed by atoms with van der Waals surface area (Å²) in [7, 11) is 2.15. The highest BCUT2D eigenvalue weighted by molar-refractivity contribution is 7.10. The van der Waals surface area contributed by atoms with Crippen molar-refractivity contribution in [1.29, 1.82) is 0 Å². The molecule has 0 fully saturated rings. The lowest BCUT2D eigenvalue weighted by Gasteiger charge is -2.15. The Morgan fingerprint density at radius 3 is 2.94 bits per heavy atom. The average Bonchev–Trinajstić information content (AvgIpc) is 2.74. The van der Waals surface area contributed by atoms with Gasteiger partial charge in [0.2, 0.25) is 0 Å². The SMILES string of the molecule is CCCCCN(C)Cc1sccc1C#CCO. The van der Waals surface area contributed by atoms with E-state index in [1.54, 1.807) is 11.3 Å². The minimum Gasteiger partial charge on any atom is -0.384 e. The van der Waals surface area contributed by atoms with Crippen LogP contribution in [0, 0.1) is 11.8 Å². The van der Waals surface area contributed by atoms with Gasteiger partial charge in [0, 0.05) is 17.0 Å². The van der Waals surface area contributed by atoms with Crippen molar-refractivity contribution in [1.82, 2.24) is 4.90 Å². The number of hydrogen-bond donors (Lipinski definition) is 1. The predicted octanol–water partition coefficient (Wildman–Crippen LogP) is 2.71. The first kappa shape index (κ1) is 14.2. The standard InChI is InChI=1S/C14H21NOS/c1-3-4-5-9-15(2)12-14-13(7-6-10-16)8-11-17-14/h8,11,16H,3-5,9-10,12H2,1-2H3. The van der Waals surface area contributed by atoms with Crippen molar-refractivity contribution in [2.45, 2.75) is 32.7 Å². The number of unbranched alkanes of at least 4 members (excludes halogenated alkanes) is 2. The minimum atomic E-state index is -0.0678. The lowest BCUT2D eigenvalue weighted by Crippen LogP contribution is -2.18. The second kappa shape index (κ2) is 8.30. The van der Waals surface area contributed by atoms with E-state index >= 15 is 0 Å². The van der Waals surface area contributed by atoms with Gasteiger partial charge < -0.3 is 10.0 Å². The molecule has 0 saturated heterocycles. The van der Waals surface area contributed by atoms with E-state index in [4.69, 9.17) is 5.11 Å². The van der Waals surface area contributed by atoms with Crippen LogP contribution in [-0.4, -0.2) is 30.2 Å². The summed E-state index contributed by atoms with van der Waals surface area (Å²) < 4.78 is 0. The molecule has 94 valence electrons. The summed E-state index contributed by atoms with van der Waals surface area (Å²) >= 11 is 1.74. The topological polar surface area (TPSA) is 23.5 Å². The van der Waals surface area contributed by atoms with Crippen molar-refractivity contribution in [3.05, 3.63) is 21.9 Å². The van der Waals surface area contributed by atoms with Gasteiger partial charge in [-0.2, -0.15) is 0 Å². The zero-order valence-corrected chi connectivity index (χ0v) is 11.5. The van der Waals surface area contributed by atoms with E-state index in [0.717, 1.165) is 18.7 Å². The molecule has 1 aromatic rings. The maximum Gasteiger partial charge on any atom is 0.104 e.